The van der Waals surface area contributed by atoms with E-state index in [9.17, 15) is 9.18 Å². The molecule has 2 nitrogen and oxygen atoms in total. The zero-order valence-electron chi connectivity index (χ0n) is 10.2. The average molecular weight is 245 g/mol. The molecule has 3 heteroatoms. The van der Waals surface area contributed by atoms with Gasteiger partial charge in [-0.2, -0.15) is 0 Å². The maximum atomic E-state index is 12.8. The van der Waals surface area contributed by atoms with E-state index in [0.717, 1.165) is 24.8 Å². The molecule has 1 fully saturated rings. The molecule has 1 aromatic carbocycles. The quantitative estimate of drug-likeness (QED) is 0.734. The van der Waals surface area contributed by atoms with Crippen molar-refractivity contribution in [2.45, 2.75) is 37.8 Å². The van der Waals surface area contributed by atoms with Gasteiger partial charge < -0.3 is 4.90 Å². The second kappa shape index (κ2) is 4.56. The molecule has 2 bridgehead atoms. The third kappa shape index (κ3) is 2.05. The molecule has 0 spiro atoms. The molecule has 2 heterocycles. The molecule has 18 heavy (non-hydrogen) atoms. The Morgan fingerprint density at radius 1 is 1.28 bits per heavy atom. The summed E-state index contributed by atoms with van der Waals surface area (Å²) >= 11 is 0. The summed E-state index contributed by atoms with van der Waals surface area (Å²) in [5, 5.41) is 0. The summed E-state index contributed by atoms with van der Waals surface area (Å²) in [6.07, 6.45) is 7.87. The summed E-state index contributed by atoms with van der Waals surface area (Å²) < 4.78 is 12.8. The zero-order chi connectivity index (χ0) is 12.5. The van der Waals surface area contributed by atoms with Gasteiger partial charge in [0.25, 0.3) is 0 Å². The monoisotopic (exact) mass is 245 g/mol. The van der Waals surface area contributed by atoms with Crippen LogP contribution in [0.2, 0.25) is 0 Å². The highest BCUT2D eigenvalue weighted by Crippen LogP contribution is 2.31. The maximum absolute atomic E-state index is 12.8. The van der Waals surface area contributed by atoms with Crippen LogP contribution in [0.5, 0.6) is 0 Å². The van der Waals surface area contributed by atoms with Crippen molar-refractivity contribution in [3.8, 4) is 0 Å². The predicted octanol–water partition coefficient (Wildman–Crippen LogP) is 2.69. The Balaban J connectivity index is 1.72. The van der Waals surface area contributed by atoms with Crippen molar-refractivity contribution in [3.05, 3.63) is 47.8 Å². The minimum Gasteiger partial charge on any atom is -0.333 e. The molecular weight excluding hydrogens is 229 g/mol. The average Bonchev–Trinajstić information content (AvgIpc) is 2.62. The van der Waals surface area contributed by atoms with E-state index in [-0.39, 0.29) is 17.8 Å². The van der Waals surface area contributed by atoms with Crippen LogP contribution in [0.15, 0.2) is 36.4 Å². The van der Waals surface area contributed by atoms with Gasteiger partial charge in [0.2, 0.25) is 5.91 Å². The number of hydrogen-bond acceptors (Lipinski definition) is 1. The maximum Gasteiger partial charge on any atom is 0.227 e. The molecule has 0 radical (unpaired) electrons. The van der Waals surface area contributed by atoms with Gasteiger partial charge in [0, 0.05) is 6.04 Å². The Morgan fingerprint density at radius 2 is 2.06 bits per heavy atom. The lowest BCUT2D eigenvalue weighted by Crippen LogP contribution is -2.42. The smallest absolute Gasteiger partial charge is 0.227 e. The molecule has 2 aliphatic heterocycles. The third-order valence-electron chi connectivity index (χ3n) is 3.87. The third-order valence-corrected chi connectivity index (χ3v) is 3.87. The van der Waals surface area contributed by atoms with Gasteiger partial charge in [-0.15, -0.1) is 0 Å². The molecule has 2 atom stereocenters. The number of fused-ring (bicyclic) bond motifs is 2. The number of halogens is 1. The van der Waals surface area contributed by atoms with Crippen molar-refractivity contribution in [2.75, 3.05) is 0 Å². The fourth-order valence-electron chi connectivity index (χ4n) is 2.98. The van der Waals surface area contributed by atoms with E-state index in [0.29, 0.717) is 12.5 Å². The van der Waals surface area contributed by atoms with Crippen molar-refractivity contribution in [3.63, 3.8) is 0 Å². The molecular formula is C15H16FNO. The van der Waals surface area contributed by atoms with Gasteiger partial charge in [-0.25, -0.2) is 4.39 Å². The summed E-state index contributed by atoms with van der Waals surface area (Å²) in [4.78, 5) is 14.3. The van der Waals surface area contributed by atoms with Crippen LogP contribution in [0.1, 0.15) is 24.8 Å². The van der Waals surface area contributed by atoms with Gasteiger partial charge in [0.1, 0.15) is 5.82 Å². The standard InChI is InChI=1S/C15H16FNO/c16-12-6-4-11(5-7-12)10-15(18)17-13-2-1-3-14(17)9-8-13/h1-2,4-7,13-14H,3,8-10H2. The number of rotatable bonds is 2. The molecule has 94 valence electrons. The van der Waals surface area contributed by atoms with E-state index in [1.807, 2.05) is 4.90 Å². The summed E-state index contributed by atoms with van der Waals surface area (Å²) in [7, 11) is 0. The lowest BCUT2D eigenvalue weighted by molar-refractivity contribution is -0.132. The fraction of sp³-hybridized carbons (Fsp3) is 0.400. The van der Waals surface area contributed by atoms with Crippen LogP contribution in [0.25, 0.3) is 0 Å². The van der Waals surface area contributed by atoms with E-state index in [1.54, 1.807) is 12.1 Å². The van der Waals surface area contributed by atoms with Crippen molar-refractivity contribution >= 4 is 5.91 Å². The van der Waals surface area contributed by atoms with Crippen molar-refractivity contribution in [1.29, 1.82) is 0 Å². The van der Waals surface area contributed by atoms with Gasteiger partial charge in [-0.05, 0) is 37.0 Å². The minimum atomic E-state index is -0.257. The Kier molecular flexibility index (Phi) is 2.90. The fourth-order valence-corrected chi connectivity index (χ4v) is 2.98. The summed E-state index contributed by atoms with van der Waals surface area (Å²) in [5.41, 5.74) is 0.885. The first-order chi connectivity index (χ1) is 8.74. The second-order valence-corrected chi connectivity index (χ2v) is 5.07. The predicted molar refractivity (Wildman–Crippen MR) is 67.5 cm³/mol. The van der Waals surface area contributed by atoms with Gasteiger partial charge in [0.05, 0.1) is 12.5 Å². The van der Waals surface area contributed by atoms with Crippen LogP contribution in [0.3, 0.4) is 0 Å². The minimum absolute atomic E-state index is 0.165. The second-order valence-electron chi connectivity index (χ2n) is 5.07. The molecule has 1 saturated heterocycles. The van der Waals surface area contributed by atoms with E-state index in [4.69, 9.17) is 0 Å². The molecule has 0 aromatic heterocycles. The molecule has 1 amide bonds. The van der Waals surface area contributed by atoms with E-state index < -0.39 is 0 Å². The molecule has 2 unspecified atom stereocenters. The Hall–Kier alpha value is -1.64. The van der Waals surface area contributed by atoms with E-state index in [2.05, 4.69) is 12.2 Å². The zero-order valence-corrected chi connectivity index (χ0v) is 10.2. The van der Waals surface area contributed by atoms with Crippen LogP contribution in [-0.2, 0) is 11.2 Å². The lowest BCUT2D eigenvalue weighted by Gasteiger charge is -2.31. The largest absolute Gasteiger partial charge is 0.333 e. The van der Waals surface area contributed by atoms with Crippen LogP contribution >= 0.6 is 0 Å². The topological polar surface area (TPSA) is 20.3 Å². The molecule has 2 aliphatic rings. The Morgan fingerprint density at radius 3 is 2.78 bits per heavy atom. The molecule has 1 aromatic rings. The molecule has 0 saturated carbocycles. The molecule has 0 N–H and O–H groups in total. The van der Waals surface area contributed by atoms with E-state index >= 15 is 0 Å². The van der Waals surface area contributed by atoms with Gasteiger partial charge in [-0.3, -0.25) is 4.79 Å². The Bertz CT molecular complexity index is 480. The van der Waals surface area contributed by atoms with Crippen LogP contribution in [-0.4, -0.2) is 22.9 Å². The number of benzene rings is 1. The SMILES string of the molecule is O=C(Cc1ccc(F)cc1)N1C2C=CCC1CC2. The van der Waals surface area contributed by atoms with Crippen molar-refractivity contribution < 1.29 is 9.18 Å². The number of amides is 1. The number of carbonyl (C=O) groups is 1. The highest BCUT2D eigenvalue weighted by molar-refractivity contribution is 5.80. The highest BCUT2D eigenvalue weighted by atomic mass is 19.1. The number of carbonyl (C=O) groups excluding carboxylic acids is 1. The van der Waals surface area contributed by atoms with Crippen LogP contribution in [0, 0.1) is 5.82 Å². The van der Waals surface area contributed by atoms with Gasteiger partial charge in [-0.1, -0.05) is 24.3 Å². The molecule has 3 rings (SSSR count). The van der Waals surface area contributed by atoms with E-state index in [1.165, 1.54) is 12.1 Å². The number of hydrogen-bond donors (Lipinski definition) is 0. The van der Waals surface area contributed by atoms with Crippen LogP contribution in [0.4, 0.5) is 4.39 Å². The summed E-state index contributed by atoms with van der Waals surface area (Å²) in [5.74, 6) is -0.0920. The molecule has 0 aliphatic carbocycles. The summed E-state index contributed by atoms with van der Waals surface area (Å²) in [6.45, 7) is 0. The first-order valence-corrected chi connectivity index (χ1v) is 6.46. The van der Waals surface area contributed by atoms with Crippen molar-refractivity contribution in [1.82, 2.24) is 4.90 Å². The Labute approximate surface area is 106 Å². The summed E-state index contributed by atoms with van der Waals surface area (Å²) in [6, 6.07) is 6.87. The van der Waals surface area contributed by atoms with Crippen LogP contribution < -0.4 is 0 Å². The van der Waals surface area contributed by atoms with Gasteiger partial charge in [0.15, 0.2) is 0 Å². The normalized spacial score (nSPS) is 25.5. The highest BCUT2D eigenvalue weighted by Gasteiger charge is 2.36. The first kappa shape index (κ1) is 11.5. The van der Waals surface area contributed by atoms with Gasteiger partial charge >= 0.3 is 0 Å². The van der Waals surface area contributed by atoms with Crippen molar-refractivity contribution in [2.24, 2.45) is 0 Å². The first-order valence-electron chi connectivity index (χ1n) is 6.46. The lowest BCUT2D eigenvalue weighted by atomic mass is 10.1. The number of nitrogens with zero attached hydrogens (tertiary/aromatic N) is 1.